The van der Waals surface area contributed by atoms with Gasteiger partial charge in [-0.25, -0.2) is 0 Å². The van der Waals surface area contributed by atoms with Gasteiger partial charge >= 0.3 is 0 Å². The molecule has 0 radical (unpaired) electrons. The molecule has 0 spiro atoms. The predicted octanol–water partition coefficient (Wildman–Crippen LogP) is 2.66. The number of halogens is 2. The van der Waals surface area contributed by atoms with E-state index in [9.17, 15) is 4.79 Å². The standard InChI is InChI=1S/C17H18Cl2N2O2/c1-21(10-12-3-5-16(23-2)6-4-12)11-17(22)20-15-8-13(18)7-14(19)9-15/h3-9H,10-11H2,1-2H3,(H,20,22)/p+1. The Morgan fingerprint density at radius 2 is 1.74 bits per heavy atom. The van der Waals surface area contributed by atoms with Crippen molar-refractivity contribution in [3.05, 3.63) is 58.1 Å². The lowest BCUT2D eigenvalue weighted by Gasteiger charge is -2.14. The number of methoxy groups -OCH3 is 1. The Hall–Kier alpha value is -1.75. The van der Waals surface area contributed by atoms with E-state index >= 15 is 0 Å². The van der Waals surface area contributed by atoms with Crippen molar-refractivity contribution in [2.75, 3.05) is 26.0 Å². The van der Waals surface area contributed by atoms with Gasteiger partial charge in [-0.3, -0.25) is 4.79 Å². The SMILES string of the molecule is COc1ccc(C[NH+](C)CC(=O)Nc2cc(Cl)cc(Cl)c2)cc1. The molecule has 2 aromatic rings. The number of anilines is 1. The molecule has 0 aliphatic rings. The lowest BCUT2D eigenvalue weighted by atomic mass is 10.2. The first-order valence-electron chi connectivity index (χ1n) is 7.16. The van der Waals surface area contributed by atoms with E-state index < -0.39 is 0 Å². The van der Waals surface area contributed by atoms with Crippen LogP contribution < -0.4 is 15.0 Å². The first-order chi connectivity index (χ1) is 11.0. The lowest BCUT2D eigenvalue weighted by molar-refractivity contribution is -0.885. The summed E-state index contributed by atoms with van der Waals surface area (Å²) in [5.41, 5.74) is 1.74. The van der Waals surface area contributed by atoms with Crippen molar-refractivity contribution >= 4 is 34.8 Å². The van der Waals surface area contributed by atoms with E-state index in [0.29, 0.717) is 22.3 Å². The normalized spacial score (nSPS) is 11.8. The van der Waals surface area contributed by atoms with Crippen molar-refractivity contribution in [1.82, 2.24) is 0 Å². The molecule has 6 heteroatoms. The number of benzene rings is 2. The zero-order valence-electron chi connectivity index (χ0n) is 13.0. The van der Waals surface area contributed by atoms with Gasteiger partial charge in [0.1, 0.15) is 12.3 Å². The Morgan fingerprint density at radius 1 is 1.13 bits per heavy atom. The molecule has 0 aliphatic heterocycles. The van der Waals surface area contributed by atoms with Gasteiger partial charge in [-0.2, -0.15) is 0 Å². The number of quaternary nitrogens is 1. The molecule has 0 bridgehead atoms. The van der Waals surface area contributed by atoms with E-state index in [2.05, 4.69) is 5.32 Å². The summed E-state index contributed by atoms with van der Waals surface area (Å²) < 4.78 is 5.13. The van der Waals surface area contributed by atoms with E-state index in [1.54, 1.807) is 25.3 Å². The molecule has 2 aromatic carbocycles. The van der Waals surface area contributed by atoms with E-state index in [1.165, 1.54) is 0 Å². The van der Waals surface area contributed by atoms with Crippen LogP contribution >= 0.6 is 23.2 Å². The van der Waals surface area contributed by atoms with Crippen molar-refractivity contribution in [2.24, 2.45) is 0 Å². The molecule has 122 valence electrons. The lowest BCUT2D eigenvalue weighted by Crippen LogP contribution is -3.08. The highest BCUT2D eigenvalue weighted by molar-refractivity contribution is 6.35. The molecule has 0 saturated carbocycles. The van der Waals surface area contributed by atoms with Gasteiger partial charge in [0.15, 0.2) is 6.54 Å². The number of ether oxygens (including phenoxy) is 1. The van der Waals surface area contributed by atoms with Crippen LogP contribution in [0.15, 0.2) is 42.5 Å². The fourth-order valence-electron chi connectivity index (χ4n) is 2.26. The molecule has 2 N–H and O–H groups in total. The summed E-state index contributed by atoms with van der Waals surface area (Å²) in [4.78, 5) is 13.2. The van der Waals surface area contributed by atoms with Crippen LogP contribution in [-0.4, -0.2) is 26.6 Å². The summed E-state index contributed by atoms with van der Waals surface area (Å²) in [6.45, 7) is 1.09. The van der Waals surface area contributed by atoms with Crippen LogP contribution in [0.25, 0.3) is 0 Å². The highest BCUT2D eigenvalue weighted by atomic mass is 35.5. The fraction of sp³-hybridized carbons (Fsp3) is 0.235. The number of carbonyl (C=O) groups is 1. The van der Waals surface area contributed by atoms with Crippen LogP contribution in [0.1, 0.15) is 5.56 Å². The summed E-state index contributed by atoms with van der Waals surface area (Å²) in [6, 6.07) is 12.8. The number of rotatable bonds is 6. The molecule has 0 heterocycles. The third-order valence-electron chi connectivity index (χ3n) is 3.27. The summed E-state index contributed by atoms with van der Waals surface area (Å²) in [5.74, 6) is 0.733. The van der Waals surface area contributed by atoms with E-state index in [1.807, 2.05) is 31.3 Å². The highest BCUT2D eigenvalue weighted by Crippen LogP contribution is 2.22. The van der Waals surface area contributed by atoms with Crippen LogP contribution in [-0.2, 0) is 11.3 Å². The maximum atomic E-state index is 12.1. The van der Waals surface area contributed by atoms with Gasteiger partial charge in [-0.1, -0.05) is 23.2 Å². The first-order valence-corrected chi connectivity index (χ1v) is 7.92. The molecule has 0 saturated heterocycles. The smallest absolute Gasteiger partial charge is 0.279 e. The Balaban J connectivity index is 1.88. The summed E-state index contributed by atoms with van der Waals surface area (Å²) in [7, 11) is 3.60. The first kappa shape index (κ1) is 17.6. The molecule has 1 amide bonds. The van der Waals surface area contributed by atoms with Crippen molar-refractivity contribution in [2.45, 2.75) is 6.54 Å². The fourth-order valence-corrected chi connectivity index (χ4v) is 2.79. The largest absolute Gasteiger partial charge is 0.497 e. The molecule has 0 aliphatic carbocycles. The number of nitrogens with one attached hydrogen (secondary N) is 2. The minimum Gasteiger partial charge on any atom is -0.497 e. The Labute approximate surface area is 146 Å². The molecule has 0 aromatic heterocycles. The Bertz CT molecular complexity index is 655. The van der Waals surface area contributed by atoms with Gasteiger partial charge in [-0.05, 0) is 42.5 Å². The zero-order chi connectivity index (χ0) is 16.8. The Kier molecular flexibility index (Phi) is 6.28. The molecule has 1 atom stereocenters. The van der Waals surface area contributed by atoms with Crippen molar-refractivity contribution in [1.29, 1.82) is 0 Å². The minimum atomic E-state index is -0.0886. The van der Waals surface area contributed by atoms with Crippen LogP contribution in [0.2, 0.25) is 10.0 Å². The number of amides is 1. The molecule has 23 heavy (non-hydrogen) atoms. The predicted molar refractivity (Wildman–Crippen MR) is 93.5 cm³/mol. The number of carbonyl (C=O) groups excluding carboxylic acids is 1. The van der Waals surface area contributed by atoms with Crippen molar-refractivity contribution in [3.63, 3.8) is 0 Å². The van der Waals surface area contributed by atoms with Gasteiger partial charge in [0, 0.05) is 21.3 Å². The van der Waals surface area contributed by atoms with Gasteiger partial charge < -0.3 is 15.0 Å². The molecule has 4 nitrogen and oxygen atoms in total. The third kappa shape index (κ3) is 5.75. The highest BCUT2D eigenvalue weighted by Gasteiger charge is 2.11. The van der Waals surface area contributed by atoms with Gasteiger partial charge in [0.25, 0.3) is 5.91 Å². The molecular formula is C17H19Cl2N2O2+. The van der Waals surface area contributed by atoms with Gasteiger partial charge in [0.05, 0.1) is 14.2 Å². The van der Waals surface area contributed by atoms with Crippen LogP contribution in [0, 0.1) is 0 Å². The van der Waals surface area contributed by atoms with Crippen LogP contribution in [0.4, 0.5) is 5.69 Å². The van der Waals surface area contributed by atoms with Crippen molar-refractivity contribution < 1.29 is 14.4 Å². The quantitative estimate of drug-likeness (QED) is 0.838. The van der Waals surface area contributed by atoms with E-state index in [-0.39, 0.29) is 5.91 Å². The topological polar surface area (TPSA) is 42.8 Å². The van der Waals surface area contributed by atoms with Gasteiger partial charge in [-0.15, -0.1) is 0 Å². The summed E-state index contributed by atoms with van der Waals surface area (Å²) in [5, 5.41) is 3.79. The Morgan fingerprint density at radius 3 is 2.30 bits per heavy atom. The second kappa shape index (κ2) is 8.20. The second-order valence-corrected chi connectivity index (χ2v) is 6.24. The zero-order valence-corrected chi connectivity index (χ0v) is 14.5. The van der Waals surface area contributed by atoms with Gasteiger partial charge in [0.2, 0.25) is 0 Å². The average molecular weight is 354 g/mol. The van der Waals surface area contributed by atoms with Crippen LogP contribution in [0.3, 0.4) is 0 Å². The average Bonchev–Trinajstić information content (AvgIpc) is 2.46. The number of hydrogen-bond donors (Lipinski definition) is 2. The monoisotopic (exact) mass is 353 g/mol. The van der Waals surface area contributed by atoms with E-state index in [4.69, 9.17) is 27.9 Å². The van der Waals surface area contributed by atoms with Crippen LogP contribution in [0.5, 0.6) is 5.75 Å². The molecule has 0 fully saturated rings. The molecule has 1 unspecified atom stereocenters. The molecular weight excluding hydrogens is 335 g/mol. The third-order valence-corrected chi connectivity index (χ3v) is 3.71. The minimum absolute atomic E-state index is 0.0886. The maximum absolute atomic E-state index is 12.1. The maximum Gasteiger partial charge on any atom is 0.279 e. The number of hydrogen-bond acceptors (Lipinski definition) is 2. The van der Waals surface area contributed by atoms with E-state index in [0.717, 1.165) is 22.8 Å². The second-order valence-electron chi connectivity index (χ2n) is 5.37. The van der Waals surface area contributed by atoms with Crippen molar-refractivity contribution in [3.8, 4) is 5.75 Å². The number of likely N-dealkylation sites (N-methyl/N-ethyl adjacent to an activating group) is 1. The summed E-state index contributed by atoms with van der Waals surface area (Å²) in [6.07, 6.45) is 0. The summed E-state index contributed by atoms with van der Waals surface area (Å²) >= 11 is 11.8. The molecule has 2 rings (SSSR count).